The first-order valence-electron chi connectivity index (χ1n) is 5.13. The zero-order valence-electron chi connectivity index (χ0n) is 9.17. The number of nitrogens with two attached hydrogens (primary N) is 1. The number of nitrogens with zero attached hydrogens (tertiary/aromatic N) is 4. The Morgan fingerprint density at radius 3 is 2.75 bits per heavy atom. The van der Waals surface area contributed by atoms with Gasteiger partial charge in [-0.05, 0) is 24.9 Å². The Kier molecular flexibility index (Phi) is 3.57. The molecule has 0 aliphatic heterocycles. The normalized spacial score (nSPS) is 12.9. The zero-order valence-corrected chi connectivity index (χ0v) is 10.8. The highest BCUT2D eigenvalue weighted by atomic mass is 32.1. The van der Waals surface area contributed by atoms with E-state index in [9.17, 15) is 0 Å². The summed E-state index contributed by atoms with van der Waals surface area (Å²) in [5.74, 6) is 0. The largest absolute Gasteiger partial charge is 0.322 e. The van der Waals surface area contributed by atoms with Gasteiger partial charge in [0, 0.05) is 0 Å². The second-order valence-electron chi connectivity index (χ2n) is 3.53. The average molecular weight is 255 g/mol. The topological polar surface area (TPSA) is 77.6 Å². The molecule has 0 saturated heterocycles. The van der Waals surface area contributed by atoms with Crippen molar-refractivity contribution in [1.29, 1.82) is 0 Å². The second-order valence-corrected chi connectivity index (χ2v) is 5.30. The summed E-state index contributed by atoms with van der Waals surface area (Å²) in [6.07, 6.45) is 1.98. The second kappa shape index (κ2) is 4.94. The molecule has 0 aromatic carbocycles. The number of aromatic nitrogens is 4. The minimum atomic E-state index is -0.0678. The van der Waals surface area contributed by atoms with Crippen LogP contribution in [0.2, 0.25) is 0 Å². The van der Waals surface area contributed by atoms with Gasteiger partial charge < -0.3 is 5.73 Å². The van der Waals surface area contributed by atoms with Gasteiger partial charge in [-0.1, -0.05) is 29.2 Å². The molecule has 2 aromatic heterocycles. The molecule has 2 rings (SSSR count). The van der Waals surface area contributed by atoms with Crippen LogP contribution in [0.3, 0.4) is 0 Å². The highest BCUT2D eigenvalue weighted by Crippen LogP contribution is 2.30. The highest BCUT2D eigenvalue weighted by molar-refractivity contribution is 7.19. The van der Waals surface area contributed by atoms with Crippen molar-refractivity contribution < 1.29 is 0 Å². The Labute approximate surface area is 102 Å². The fourth-order valence-electron chi connectivity index (χ4n) is 1.28. The standard InChI is InChI=1S/C9H13N5S2/c1-3-4-6-7(16-14-11-6)9-13-12-8(15-9)5(2)10/h5H,3-4,10H2,1-2H3. The van der Waals surface area contributed by atoms with Crippen molar-refractivity contribution in [3.8, 4) is 9.88 Å². The lowest BCUT2D eigenvalue weighted by Crippen LogP contribution is -2.03. The minimum Gasteiger partial charge on any atom is -0.322 e. The Balaban J connectivity index is 2.31. The van der Waals surface area contributed by atoms with Gasteiger partial charge in [-0.2, -0.15) is 0 Å². The van der Waals surface area contributed by atoms with Gasteiger partial charge in [0.25, 0.3) is 0 Å². The first kappa shape index (κ1) is 11.6. The summed E-state index contributed by atoms with van der Waals surface area (Å²) in [6.45, 7) is 4.03. The predicted molar refractivity (Wildman–Crippen MR) is 65.4 cm³/mol. The zero-order chi connectivity index (χ0) is 11.5. The van der Waals surface area contributed by atoms with Crippen LogP contribution in [0.4, 0.5) is 0 Å². The van der Waals surface area contributed by atoms with Gasteiger partial charge in [-0.15, -0.1) is 15.3 Å². The number of hydrogen-bond donors (Lipinski definition) is 1. The van der Waals surface area contributed by atoms with Crippen LogP contribution in [0.1, 0.15) is 37.0 Å². The minimum absolute atomic E-state index is 0.0678. The molecule has 0 radical (unpaired) electrons. The molecule has 0 aliphatic carbocycles. The Morgan fingerprint density at radius 2 is 2.12 bits per heavy atom. The van der Waals surface area contributed by atoms with Crippen LogP contribution < -0.4 is 5.73 Å². The molecule has 16 heavy (non-hydrogen) atoms. The molecular formula is C9H13N5S2. The quantitative estimate of drug-likeness (QED) is 0.904. The number of hydrogen-bond acceptors (Lipinski definition) is 7. The monoisotopic (exact) mass is 255 g/mol. The lowest BCUT2D eigenvalue weighted by atomic mass is 10.2. The van der Waals surface area contributed by atoms with E-state index < -0.39 is 0 Å². The van der Waals surface area contributed by atoms with E-state index in [1.54, 1.807) is 0 Å². The van der Waals surface area contributed by atoms with Crippen molar-refractivity contribution in [2.75, 3.05) is 0 Å². The van der Waals surface area contributed by atoms with E-state index in [4.69, 9.17) is 5.73 Å². The molecule has 0 spiro atoms. The third-order valence-electron chi connectivity index (χ3n) is 2.07. The average Bonchev–Trinajstić information content (AvgIpc) is 2.84. The molecule has 0 fully saturated rings. The highest BCUT2D eigenvalue weighted by Gasteiger charge is 2.15. The van der Waals surface area contributed by atoms with E-state index in [0.29, 0.717) is 0 Å². The summed E-state index contributed by atoms with van der Waals surface area (Å²) in [6, 6.07) is -0.0678. The smallest absolute Gasteiger partial charge is 0.161 e. The fourth-order valence-corrected chi connectivity index (χ4v) is 2.86. The molecule has 2 N–H and O–H groups in total. The van der Waals surface area contributed by atoms with Gasteiger partial charge in [0.15, 0.2) is 5.01 Å². The lowest BCUT2D eigenvalue weighted by Gasteiger charge is -1.95. The van der Waals surface area contributed by atoms with Crippen molar-refractivity contribution in [2.45, 2.75) is 32.7 Å². The van der Waals surface area contributed by atoms with Gasteiger partial charge in [-0.3, -0.25) is 0 Å². The van der Waals surface area contributed by atoms with Crippen LogP contribution in [0.5, 0.6) is 0 Å². The van der Waals surface area contributed by atoms with Crippen molar-refractivity contribution in [2.24, 2.45) is 5.73 Å². The van der Waals surface area contributed by atoms with Crippen LogP contribution in [0.15, 0.2) is 0 Å². The van der Waals surface area contributed by atoms with Gasteiger partial charge in [-0.25, -0.2) is 0 Å². The molecule has 0 amide bonds. The Hall–Kier alpha value is -0.920. The van der Waals surface area contributed by atoms with Crippen LogP contribution in [0.25, 0.3) is 9.88 Å². The van der Waals surface area contributed by atoms with Crippen LogP contribution >= 0.6 is 22.9 Å². The number of rotatable bonds is 4. The van der Waals surface area contributed by atoms with Gasteiger partial charge in [0.05, 0.1) is 11.7 Å². The van der Waals surface area contributed by atoms with E-state index in [-0.39, 0.29) is 6.04 Å². The number of aryl methyl sites for hydroxylation is 1. The van der Waals surface area contributed by atoms with E-state index in [0.717, 1.165) is 33.4 Å². The van der Waals surface area contributed by atoms with E-state index in [2.05, 4.69) is 26.7 Å². The van der Waals surface area contributed by atoms with Crippen LogP contribution in [-0.2, 0) is 6.42 Å². The molecule has 2 heterocycles. The van der Waals surface area contributed by atoms with Crippen LogP contribution in [-0.4, -0.2) is 19.8 Å². The summed E-state index contributed by atoms with van der Waals surface area (Å²) >= 11 is 2.90. The Bertz CT molecular complexity index is 462. The van der Waals surface area contributed by atoms with E-state index >= 15 is 0 Å². The van der Waals surface area contributed by atoms with E-state index in [1.807, 2.05) is 6.92 Å². The molecule has 5 nitrogen and oxygen atoms in total. The van der Waals surface area contributed by atoms with Gasteiger partial charge >= 0.3 is 0 Å². The maximum atomic E-state index is 5.76. The molecule has 86 valence electrons. The molecule has 1 unspecified atom stereocenters. The maximum Gasteiger partial charge on any atom is 0.161 e. The van der Waals surface area contributed by atoms with Gasteiger partial charge in [0.2, 0.25) is 0 Å². The molecule has 2 aromatic rings. The summed E-state index contributed by atoms with van der Waals surface area (Å²) in [4.78, 5) is 1.03. The first-order chi connectivity index (χ1) is 7.72. The maximum absolute atomic E-state index is 5.76. The predicted octanol–water partition coefficient (Wildman–Crippen LogP) is 2.03. The summed E-state index contributed by atoms with van der Waals surface area (Å²) in [7, 11) is 0. The molecule has 0 aliphatic rings. The molecular weight excluding hydrogens is 242 g/mol. The lowest BCUT2D eigenvalue weighted by molar-refractivity contribution is 0.786. The Morgan fingerprint density at radius 1 is 1.31 bits per heavy atom. The van der Waals surface area contributed by atoms with E-state index in [1.165, 1.54) is 22.9 Å². The van der Waals surface area contributed by atoms with Crippen molar-refractivity contribution in [1.82, 2.24) is 19.8 Å². The third kappa shape index (κ3) is 2.26. The van der Waals surface area contributed by atoms with Crippen molar-refractivity contribution in [3.05, 3.63) is 10.7 Å². The van der Waals surface area contributed by atoms with Crippen molar-refractivity contribution >= 4 is 22.9 Å². The fraction of sp³-hybridized carbons (Fsp3) is 0.556. The molecule has 0 saturated carbocycles. The molecule has 0 bridgehead atoms. The van der Waals surface area contributed by atoms with Crippen molar-refractivity contribution in [3.63, 3.8) is 0 Å². The van der Waals surface area contributed by atoms with Crippen LogP contribution in [0, 0.1) is 0 Å². The third-order valence-corrected chi connectivity index (χ3v) is 4.11. The molecule has 7 heteroatoms. The summed E-state index contributed by atoms with van der Waals surface area (Å²) in [5, 5.41) is 14.1. The molecule has 1 atom stereocenters. The first-order valence-corrected chi connectivity index (χ1v) is 6.72. The summed E-state index contributed by atoms with van der Waals surface area (Å²) in [5.41, 5.74) is 6.77. The SMILES string of the molecule is CCCc1nnsc1-c1nnc(C(C)N)s1. The van der Waals surface area contributed by atoms with Gasteiger partial charge in [0.1, 0.15) is 9.88 Å². The summed E-state index contributed by atoms with van der Waals surface area (Å²) < 4.78 is 3.97.